The van der Waals surface area contributed by atoms with Gasteiger partial charge in [0.15, 0.2) is 0 Å². The molecule has 5 nitrogen and oxygen atoms in total. The molecule has 1 atom stereocenters. The molecular weight excluding hydrogens is 310 g/mol. The molecule has 1 aromatic heterocycles. The van der Waals surface area contributed by atoms with E-state index in [9.17, 15) is 10.1 Å². The Morgan fingerprint density at radius 1 is 1.42 bits per heavy atom. The number of nitro groups is 1. The van der Waals surface area contributed by atoms with Crippen LogP contribution in [-0.4, -0.2) is 9.91 Å². The highest BCUT2D eigenvalue weighted by Crippen LogP contribution is 2.29. The van der Waals surface area contributed by atoms with Crippen LogP contribution in [0.4, 0.5) is 11.4 Å². The topological polar surface area (TPSA) is 68.1 Å². The van der Waals surface area contributed by atoms with Crippen molar-refractivity contribution in [2.45, 2.75) is 13.0 Å². The summed E-state index contributed by atoms with van der Waals surface area (Å²) >= 11 is 3.33. The van der Waals surface area contributed by atoms with Crippen LogP contribution < -0.4 is 5.32 Å². The van der Waals surface area contributed by atoms with E-state index < -0.39 is 4.92 Å². The lowest BCUT2D eigenvalue weighted by atomic mass is 10.1. The summed E-state index contributed by atoms with van der Waals surface area (Å²) in [6.45, 7) is 2.00. The maximum absolute atomic E-state index is 10.7. The molecule has 1 N–H and O–H groups in total. The van der Waals surface area contributed by atoms with E-state index in [1.165, 1.54) is 12.1 Å². The van der Waals surface area contributed by atoms with Gasteiger partial charge in [0, 0.05) is 34.7 Å². The molecule has 1 unspecified atom stereocenters. The highest BCUT2D eigenvalue weighted by Gasteiger charge is 2.11. The Kier molecular flexibility index (Phi) is 4.11. The van der Waals surface area contributed by atoms with Crippen LogP contribution in [0, 0.1) is 10.1 Å². The lowest BCUT2D eigenvalue weighted by Crippen LogP contribution is -2.07. The van der Waals surface area contributed by atoms with Crippen LogP contribution in [-0.2, 0) is 0 Å². The largest absolute Gasteiger partial charge is 0.378 e. The third kappa shape index (κ3) is 3.29. The quantitative estimate of drug-likeness (QED) is 0.684. The highest BCUT2D eigenvalue weighted by molar-refractivity contribution is 9.10. The van der Waals surface area contributed by atoms with Crippen LogP contribution in [0.25, 0.3) is 0 Å². The van der Waals surface area contributed by atoms with Crippen LogP contribution in [0.3, 0.4) is 0 Å². The highest BCUT2D eigenvalue weighted by atomic mass is 79.9. The summed E-state index contributed by atoms with van der Waals surface area (Å²) in [6, 6.07) is 8.56. The first-order valence-corrected chi connectivity index (χ1v) is 6.47. The number of nitrogens with zero attached hydrogens (tertiary/aromatic N) is 2. The van der Waals surface area contributed by atoms with E-state index in [-0.39, 0.29) is 11.7 Å². The molecule has 0 amide bonds. The van der Waals surface area contributed by atoms with Crippen molar-refractivity contribution >= 4 is 27.3 Å². The summed E-state index contributed by atoms with van der Waals surface area (Å²) in [4.78, 5) is 14.3. The van der Waals surface area contributed by atoms with E-state index in [0.29, 0.717) is 4.47 Å². The summed E-state index contributed by atoms with van der Waals surface area (Å²) in [6.07, 6.45) is 3.51. The van der Waals surface area contributed by atoms with E-state index in [1.54, 1.807) is 18.5 Å². The van der Waals surface area contributed by atoms with Gasteiger partial charge in [0.1, 0.15) is 0 Å². The zero-order valence-corrected chi connectivity index (χ0v) is 11.8. The molecule has 0 saturated heterocycles. The van der Waals surface area contributed by atoms with Gasteiger partial charge in [0.2, 0.25) is 0 Å². The van der Waals surface area contributed by atoms with Gasteiger partial charge in [-0.25, -0.2) is 0 Å². The molecule has 2 aromatic rings. The van der Waals surface area contributed by atoms with Gasteiger partial charge in [-0.2, -0.15) is 0 Å². The second kappa shape index (κ2) is 5.79. The van der Waals surface area contributed by atoms with Gasteiger partial charge >= 0.3 is 0 Å². The van der Waals surface area contributed by atoms with Crippen molar-refractivity contribution in [3.63, 3.8) is 0 Å². The second-order valence-electron chi connectivity index (χ2n) is 4.07. The molecule has 0 fully saturated rings. The fourth-order valence-corrected chi connectivity index (χ4v) is 2.16. The predicted octanol–water partition coefficient (Wildman–Crippen LogP) is 3.93. The average molecular weight is 322 g/mol. The summed E-state index contributed by atoms with van der Waals surface area (Å²) in [5.74, 6) is 0. The Morgan fingerprint density at radius 3 is 2.79 bits per heavy atom. The van der Waals surface area contributed by atoms with Crippen LogP contribution in [0.5, 0.6) is 0 Å². The normalized spacial score (nSPS) is 11.9. The van der Waals surface area contributed by atoms with Crippen molar-refractivity contribution in [3.05, 3.63) is 62.9 Å². The molecule has 1 aromatic carbocycles. The number of nitro benzene ring substituents is 1. The lowest BCUT2D eigenvalue weighted by Gasteiger charge is -2.16. The molecule has 0 radical (unpaired) electrons. The number of hydrogen-bond donors (Lipinski definition) is 1. The fourth-order valence-electron chi connectivity index (χ4n) is 1.68. The molecule has 0 spiro atoms. The number of nitrogens with one attached hydrogen (secondary N) is 1. The number of rotatable bonds is 4. The van der Waals surface area contributed by atoms with Gasteiger partial charge in [-0.3, -0.25) is 15.1 Å². The zero-order valence-electron chi connectivity index (χ0n) is 10.2. The third-order valence-electron chi connectivity index (χ3n) is 2.72. The maximum atomic E-state index is 10.7. The first-order valence-electron chi connectivity index (χ1n) is 5.68. The molecule has 0 saturated carbocycles. The number of benzene rings is 1. The summed E-state index contributed by atoms with van der Waals surface area (Å²) in [7, 11) is 0. The Morgan fingerprint density at radius 2 is 2.21 bits per heavy atom. The lowest BCUT2D eigenvalue weighted by molar-refractivity contribution is -0.384. The number of hydrogen-bond acceptors (Lipinski definition) is 4. The number of pyridine rings is 1. The molecular formula is C13H12BrN3O2. The van der Waals surface area contributed by atoms with Crippen molar-refractivity contribution in [2.75, 3.05) is 5.32 Å². The number of non-ortho nitro benzene ring substituents is 1. The minimum atomic E-state index is -0.418. The third-order valence-corrected chi connectivity index (χ3v) is 3.38. The molecule has 98 valence electrons. The van der Waals surface area contributed by atoms with Gasteiger partial charge in [-0.05, 0) is 40.5 Å². The van der Waals surface area contributed by atoms with E-state index >= 15 is 0 Å². The minimum Gasteiger partial charge on any atom is -0.378 e. The average Bonchev–Trinajstić information content (AvgIpc) is 2.41. The first-order chi connectivity index (χ1) is 9.08. The standard InChI is InChI=1S/C13H12BrN3O2/c1-9(10-3-2-6-15-8-10)16-13-5-4-11(17(18)19)7-12(13)14/h2-9,16H,1H3. The van der Waals surface area contributed by atoms with Gasteiger partial charge in [-0.15, -0.1) is 0 Å². The first kappa shape index (κ1) is 13.5. The van der Waals surface area contributed by atoms with Gasteiger partial charge in [0.25, 0.3) is 5.69 Å². The monoisotopic (exact) mass is 321 g/mol. The molecule has 2 rings (SSSR count). The van der Waals surface area contributed by atoms with Crippen molar-refractivity contribution in [2.24, 2.45) is 0 Å². The Labute approximate surface area is 119 Å². The van der Waals surface area contributed by atoms with Gasteiger partial charge in [-0.1, -0.05) is 6.07 Å². The molecule has 0 aliphatic rings. The van der Waals surface area contributed by atoms with Crippen molar-refractivity contribution < 1.29 is 4.92 Å². The van der Waals surface area contributed by atoms with Crippen LogP contribution in [0.1, 0.15) is 18.5 Å². The molecule has 0 aliphatic carbocycles. The summed E-state index contributed by atoms with van der Waals surface area (Å²) in [5, 5.41) is 13.9. The molecule has 1 heterocycles. The fraction of sp³-hybridized carbons (Fsp3) is 0.154. The molecule has 0 bridgehead atoms. The molecule has 6 heteroatoms. The van der Waals surface area contributed by atoms with E-state index in [2.05, 4.69) is 26.2 Å². The number of anilines is 1. The minimum absolute atomic E-state index is 0.0615. The Bertz CT molecular complexity index is 590. The Hall–Kier alpha value is -1.95. The van der Waals surface area contributed by atoms with Crippen molar-refractivity contribution in [1.29, 1.82) is 0 Å². The van der Waals surface area contributed by atoms with Crippen LogP contribution in [0.15, 0.2) is 47.2 Å². The Balaban J connectivity index is 2.18. The van der Waals surface area contributed by atoms with E-state index in [0.717, 1.165) is 11.3 Å². The SMILES string of the molecule is CC(Nc1ccc([N+](=O)[O-])cc1Br)c1cccnc1. The van der Waals surface area contributed by atoms with Gasteiger partial charge < -0.3 is 5.32 Å². The van der Waals surface area contributed by atoms with Gasteiger partial charge in [0.05, 0.1) is 11.0 Å². The second-order valence-corrected chi connectivity index (χ2v) is 4.93. The maximum Gasteiger partial charge on any atom is 0.270 e. The van der Waals surface area contributed by atoms with Crippen LogP contribution >= 0.6 is 15.9 Å². The van der Waals surface area contributed by atoms with Crippen LogP contribution in [0.2, 0.25) is 0 Å². The number of halogens is 1. The molecule has 0 aliphatic heterocycles. The summed E-state index contributed by atoms with van der Waals surface area (Å²) in [5.41, 5.74) is 1.92. The zero-order chi connectivity index (χ0) is 13.8. The smallest absolute Gasteiger partial charge is 0.270 e. The van der Waals surface area contributed by atoms with E-state index in [1.807, 2.05) is 19.1 Å². The molecule has 19 heavy (non-hydrogen) atoms. The number of aromatic nitrogens is 1. The summed E-state index contributed by atoms with van der Waals surface area (Å²) < 4.78 is 0.664. The van der Waals surface area contributed by atoms with Crippen molar-refractivity contribution in [1.82, 2.24) is 4.98 Å². The van der Waals surface area contributed by atoms with Crippen molar-refractivity contribution in [3.8, 4) is 0 Å². The predicted molar refractivity (Wildman–Crippen MR) is 77.1 cm³/mol. The van der Waals surface area contributed by atoms with E-state index in [4.69, 9.17) is 0 Å².